The first-order chi connectivity index (χ1) is 8.86. The quantitative estimate of drug-likeness (QED) is 0.356. The van der Waals surface area contributed by atoms with Gasteiger partial charge < -0.3 is 15.8 Å². The molecular weight excluding hydrogens is 262 g/mol. The highest BCUT2D eigenvalue weighted by molar-refractivity contribution is 8.00. The molecule has 0 aromatic heterocycles. The van der Waals surface area contributed by atoms with Crippen molar-refractivity contribution in [3.63, 3.8) is 0 Å². The van der Waals surface area contributed by atoms with Gasteiger partial charge in [0, 0.05) is 19.0 Å². The minimum absolute atomic E-state index is 0.177. The number of amides is 1. The third-order valence-corrected chi connectivity index (χ3v) is 6.06. The molecule has 1 aliphatic carbocycles. The van der Waals surface area contributed by atoms with Crippen molar-refractivity contribution in [1.29, 1.82) is 0 Å². The third kappa shape index (κ3) is 2.55. The molecule has 1 aliphatic heterocycles. The van der Waals surface area contributed by atoms with E-state index in [2.05, 4.69) is 19.0 Å². The average Bonchev–Trinajstić information content (AvgIpc) is 3.06. The van der Waals surface area contributed by atoms with E-state index in [4.69, 9.17) is 10.9 Å². The summed E-state index contributed by atoms with van der Waals surface area (Å²) in [4.78, 5) is 14.3. The van der Waals surface area contributed by atoms with Crippen LogP contribution in [-0.2, 0) is 4.79 Å². The van der Waals surface area contributed by atoms with E-state index in [9.17, 15) is 4.79 Å². The maximum Gasteiger partial charge on any atom is 0.226 e. The summed E-state index contributed by atoms with van der Waals surface area (Å²) in [5.74, 6) is 0.746. The zero-order valence-corrected chi connectivity index (χ0v) is 12.7. The van der Waals surface area contributed by atoms with Gasteiger partial charge in [-0.05, 0) is 30.9 Å². The fraction of sp³-hybridized carbons (Fsp3) is 0.846. The van der Waals surface area contributed by atoms with Crippen molar-refractivity contribution in [1.82, 2.24) is 4.90 Å². The summed E-state index contributed by atoms with van der Waals surface area (Å²) in [5, 5.41) is 12.1. The maximum atomic E-state index is 12.3. The molecule has 3 N–H and O–H groups in total. The van der Waals surface area contributed by atoms with Gasteiger partial charge in [-0.1, -0.05) is 19.0 Å². The second-order valence-electron chi connectivity index (χ2n) is 6.25. The molecule has 1 amide bonds. The Bertz CT molecular complexity index is 401. The van der Waals surface area contributed by atoms with Crippen molar-refractivity contribution in [2.24, 2.45) is 22.2 Å². The highest BCUT2D eigenvalue weighted by atomic mass is 32.2. The summed E-state index contributed by atoms with van der Waals surface area (Å²) in [5.41, 5.74) is 5.98. The second-order valence-corrected chi connectivity index (χ2v) is 7.44. The molecule has 1 saturated carbocycles. The van der Waals surface area contributed by atoms with Gasteiger partial charge in [-0.15, -0.1) is 0 Å². The standard InChI is InChI=1S/C13H23N3O2S/c1-12(2)8-9(12)10(17)16-6-4-13(19-3,5-7-16)11(14)15-18/h9,18H,4-8H2,1-3H3,(H2,14,15). The van der Waals surface area contributed by atoms with Crippen LogP contribution in [0.4, 0.5) is 0 Å². The molecule has 1 unspecified atom stereocenters. The molecule has 0 radical (unpaired) electrons. The number of amidine groups is 1. The number of carbonyl (C=O) groups excluding carboxylic acids is 1. The van der Waals surface area contributed by atoms with E-state index >= 15 is 0 Å². The molecular formula is C13H23N3O2S. The lowest BCUT2D eigenvalue weighted by Crippen LogP contribution is -2.51. The van der Waals surface area contributed by atoms with Crippen LogP contribution in [0.15, 0.2) is 5.16 Å². The van der Waals surface area contributed by atoms with Gasteiger partial charge in [-0.25, -0.2) is 0 Å². The van der Waals surface area contributed by atoms with Crippen LogP contribution in [0, 0.1) is 11.3 Å². The van der Waals surface area contributed by atoms with E-state index in [1.54, 1.807) is 11.8 Å². The highest BCUT2D eigenvalue weighted by Crippen LogP contribution is 2.52. The number of hydrogen-bond donors (Lipinski definition) is 2. The Kier molecular flexibility index (Phi) is 3.73. The molecule has 108 valence electrons. The topological polar surface area (TPSA) is 78.9 Å². The molecule has 1 atom stereocenters. The van der Waals surface area contributed by atoms with Crippen LogP contribution in [0.2, 0.25) is 0 Å². The Morgan fingerprint density at radius 3 is 2.32 bits per heavy atom. The van der Waals surface area contributed by atoms with Gasteiger partial charge in [0.1, 0.15) is 0 Å². The van der Waals surface area contributed by atoms with E-state index in [0.29, 0.717) is 13.1 Å². The molecule has 0 aromatic rings. The van der Waals surface area contributed by atoms with Gasteiger partial charge in [0.25, 0.3) is 0 Å². The van der Waals surface area contributed by atoms with Crippen LogP contribution in [0.25, 0.3) is 0 Å². The average molecular weight is 285 g/mol. The first kappa shape index (κ1) is 14.5. The number of likely N-dealkylation sites (tertiary alicyclic amines) is 1. The molecule has 2 fully saturated rings. The predicted molar refractivity (Wildman–Crippen MR) is 77.4 cm³/mol. The summed E-state index contributed by atoms with van der Waals surface area (Å²) < 4.78 is -0.315. The van der Waals surface area contributed by atoms with Crippen LogP contribution < -0.4 is 5.73 Å². The Morgan fingerprint density at radius 2 is 1.95 bits per heavy atom. The first-order valence-corrected chi connectivity index (χ1v) is 7.91. The third-order valence-electron chi connectivity index (χ3n) is 4.66. The van der Waals surface area contributed by atoms with Gasteiger partial charge in [-0.2, -0.15) is 11.8 Å². The van der Waals surface area contributed by atoms with Crippen LogP contribution in [0.3, 0.4) is 0 Å². The summed E-state index contributed by atoms with van der Waals surface area (Å²) >= 11 is 1.61. The molecule has 0 aromatic carbocycles. The SMILES string of the molecule is CSC1(C(N)=NO)CCN(C(=O)C2CC2(C)C)CC1. The Labute approximate surface area is 118 Å². The van der Waals surface area contributed by atoms with Gasteiger partial charge >= 0.3 is 0 Å². The minimum Gasteiger partial charge on any atom is -0.409 e. The number of thioether (sulfide) groups is 1. The molecule has 6 heteroatoms. The largest absolute Gasteiger partial charge is 0.409 e. The summed E-state index contributed by atoms with van der Waals surface area (Å²) in [6.07, 6.45) is 4.47. The lowest BCUT2D eigenvalue weighted by molar-refractivity contribution is -0.134. The number of rotatable bonds is 3. The van der Waals surface area contributed by atoms with Crippen molar-refractivity contribution in [3.05, 3.63) is 0 Å². The van der Waals surface area contributed by atoms with Crippen LogP contribution in [0.5, 0.6) is 0 Å². The molecule has 5 nitrogen and oxygen atoms in total. The van der Waals surface area contributed by atoms with Crippen LogP contribution in [-0.4, -0.2) is 45.9 Å². The number of piperidine rings is 1. The van der Waals surface area contributed by atoms with Crippen LogP contribution >= 0.6 is 11.8 Å². The van der Waals surface area contributed by atoms with E-state index in [-0.39, 0.29) is 27.8 Å². The molecule has 0 bridgehead atoms. The van der Waals surface area contributed by atoms with E-state index < -0.39 is 0 Å². The first-order valence-electron chi connectivity index (χ1n) is 6.68. The van der Waals surface area contributed by atoms with E-state index in [1.165, 1.54) is 0 Å². The van der Waals surface area contributed by atoms with Crippen molar-refractivity contribution in [2.75, 3.05) is 19.3 Å². The maximum absolute atomic E-state index is 12.3. The highest BCUT2D eigenvalue weighted by Gasteiger charge is 2.52. The molecule has 2 rings (SSSR count). The van der Waals surface area contributed by atoms with Gasteiger partial charge in [-0.3, -0.25) is 4.79 Å². The van der Waals surface area contributed by atoms with Crippen molar-refractivity contribution < 1.29 is 10.0 Å². The number of oxime groups is 1. The number of nitrogens with zero attached hydrogens (tertiary/aromatic N) is 2. The normalized spacial score (nSPS) is 29.1. The summed E-state index contributed by atoms with van der Waals surface area (Å²) in [6.45, 7) is 5.68. The molecule has 2 aliphatic rings. The number of nitrogens with two attached hydrogens (primary N) is 1. The predicted octanol–water partition coefficient (Wildman–Crippen LogP) is 1.50. The lowest BCUT2D eigenvalue weighted by atomic mass is 9.94. The zero-order chi connectivity index (χ0) is 14.3. The summed E-state index contributed by atoms with van der Waals surface area (Å²) in [7, 11) is 0. The van der Waals surface area contributed by atoms with Gasteiger partial charge in [0.05, 0.1) is 4.75 Å². The van der Waals surface area contributed by atoms with Crippen molar-refractivity contribution >= 4 is 23.5 Å². The second kappa shape index (κ2) is 4.89. The molecule has 1 heterocycles. The zero-order valence-electron chi connectivity index (χ0n) is 11.8. The van der Waals surface area contributed by atoms with E-state index in [1.807, 2.05) is 11.2 Å². The van der Waals surface area contributed by atoms with Crippen molar-refractivity contribution in [3.8, 4) is 0 Å². The van der Waals surface area contributed by atoms with Gasteiger partial charge in [0.15, 0.2) is 5.84 Å². The fourth-order valence-corrected chi connectivity index (χ4v) is 3.69. The number of carbonyl (C=O) groups is 1. The molecule has 19 heavy (non-hydrogen) atoms. The molecule has 0 spiro atoms. The Hall–Kier alpha value is -0.910. The minimum atomic E-state index is -0.315. The van der Waals surface area contributed by atoms with Crippen LogP contribution in [0.1, 0.15) is 33.1 Å². The fourth-order valence-electron chi connectivity index (χ4n) is 2.85. The molecule has 1 saturated heterocycles. The summed E-state index contributed by atoms with van der Waals surface area (Å²) in [6, 6.07) is 0. The Morgan fingerprint density at radius 1 is 1.42 bits per heavy atom. The van der Waals surface area contributed by atoms with E-state index in [0.717, 1.165) is 19.3 Å². The lowest BCUT2D eigenvalue weighted by Gasteiger charge is -2.40. The van der Waals surface area contributed by atoms with Gasteiger partial charge in [0.2, 0.25) is 5.91 Å². The van der Waals surface area contributed by atoms with Crippen molar-refractivity contribution in [2.45, 2.75) is 37.9 Å². The smallest absolute Gasteiger partial charge is 0.226 e. The monoisotopic (exact) mass is 285 g/mol. The Balaban J connectivity index is 1.97. The number of hydrogen-bond acceptors (Lipinski definition) is 4.